The molecule has 1 heterocycles. The molecule has 1 aliphatic carbocycles. The Kier molecular flexibility index (Phi) is 11.6. The van der Waals surface area contributed by atoms with Gasteiger partial charge in [0.2, 0.25) is 11.9 Å². The van der Waals surface area contributed by atoms with Crippen molar-refractivity contribution < 1.29 is 32.3 Å². The third-order valence-electron chi connectivity index (χ3n) is 8.18. The predicted octanol–water partition coefficient (Wildman–Crippen LogP) is 5.89. The van der Waals surface area contributed by atoms with Crippen molar-refractivity contribution in [1.82, 2.24) is 25.6 Å². The lowest BCUT2D eigenvalue weighted by molar-refractivity contribution is -0.154. The molecule has 17 heteroatoms. The summed E-state index contributed by atoms with van der Waals surface area (Å²) in [4.78, 5) is 52.1. The molecule has 1 aromatic heterocycles. The van der Waals surface area contributed by atoms with Gasteiger partial charge in [-0.25, -0.2) is 0 Å². The topological polar surface area (TPSA) is 162 Å². The zero-order valence-electron chi connectivity index (χ0n) is 29.4. The van der Waals surface area contributed by atoms with Gasteiger partial charge < -0.3 is 36.2 Å². The number of amides is 3. The molecule has 5 rings (SSSR count). The van der Waals surface area contributed by atoms with Gasteiger partial charge in [0.25, 0.3) is 5.91 Å². The summed E-state index contributed by atoms with van der Waals surface area (Å²) >= 11 is 6.03. The normalized spacial score (nSPS) is 13.4. The van der Waals surface area contributed by atoms with Crippen molar-refractivity contribution in [3.05, 3.63) is 88.9 Å². The van der Waals surface area contributed by atoms with Gasteiger partial charge in [-0.1, -0.05) is 37.6 Å². The molecule has 0 atom stereocenters. The van der Waals surface area contributed by atoms with E-state index in [0.717, 1.165) is 24.1 Å². The van der Waals surface area contributed by atoms with E-state index in [1.54, 1.807) is 48.5 Å². The molecule has 1 saturated carbocycles. The molecule has 0 bridgehead atoms. The van der Waals surface area contributed by atoms with E-state index in [9.17, 15) is 27.6 Å². The van der Waals surface area contributed by atoms with E-state index in [1.807, 2.05) is 57.1 Å². The lowest BCUT2D eigenvalue weighted by Gasteiger charge is -2.25. The van der Waals surface area contributed by atoms with E-state index in [0.29, 0.717) is 22.0 Å². The van der Waals surface area contributed by atoms with Gasteiger partial charge in [-0.05, 0) is 84.5 Å². The number of carbonyl (C=O) groups is 3. The Morgan fingerprint density at radius 3 is 2.02 bits per heavy atom. The van der Waals surface area contributed by atoms with Gasteiger partial charge in [-0.3, -0.25) is 14.4 Å². The van der Waals surface area contributed by atoms with Gasteiger partial charge in [0, 0.05) is 54.8 Å². The number of benzene rings is 3. The summed E-state index contributed by atoms with van der Waals surface area (Å²) in [5.74, 6) is -2.07. The van der Waals surface area contributed by atoms with Crippen LogP contribution in [0.25, 0.3) is 0 Å². The van der Waals surface area contributed by atoms with E-state index < -0.39 is 41.6 Å². The minimum absolute atomic E-state index is 0.0115. The SMILES string of the molecule is CN(C)c1ccc(NC(=O)C(=O)NCC(C)(C)CNC(=O)c2ccc(Nc3nc(NC4(c5ccc(Cl)cc5)CC4)nc(OCC(F)(F)F)n3)cc2)cc1. The van der Waals surface area contributed by atoms with Crippen LogP contribution in [0.4, 0.5) is 42.1 Å². The summed E-state index contributed by atoms with van der Waals surface area (Å²) < 4.78 is 43.7. The molecule has 0 radical (unpaired) electrons. The Hall–Kier alpha value is -5.64. The number of nitrogens with zero attached hydrogens (tertiary/aromatic N) is 4. The highest BCUT2D eigenvalue weighted by Crippen LogP contribution is 2.48. The first-order valence-electron chi connectivity index (χ1n) is 16.5. The zero-order valence-corrected chi connectivity index (χ0v) is 30.2. The molecule has 3 aromatic carbocycles. The number of halogens is 4. The summed E-state index contributed by atoms with van der Waals surface area (Å²) in [5, 5.41) is 14.7. The zero-order chi connectivity index (χ0) is 38.4. The van der Waals surface area contributed by atoms with Crippen LogP contribution < -0.4 is 36.2 Å². The highest BCUT2D eigenvalue weighted by Gasteiger charge is 2.45. The second-order valence-corrected chi connectivity index (χ2v) is 13.9. The summed E-state index contributed by atoms with van der Waals surface area (Å²) in [6.45, 7) is 2.35. The average Bonchev–Trinajstić information content (AvgIpc) is 3.89. The monoisotopic (exact) mass is 753 g/mol. The molecule has 13 nitrogen and oxygen atoms in total. The number of ether oxygens (including phenoxy) is 1. The third-order valence-corrected chi connectivity index (χ3v) is 8.44. The molecule has 1 fully saturated rings. The van der Waals surface area contributed by atoms with E-state index in [2.05, 4.69) is 41.5 Å². The maximum Gasteiger partial charge on any atom is 0.422 e. The average molecular weight is 754 g/mol. The molecular formula is C36H39ClF3N9O4. The Morgan fingerprint density at radius 1 is 0.811 bits per heavy atom. The van der Waals surface area contributed by atoms with Crippen molar-refractivity contribution in [3.8, 4) is 6.01 Å². The second kappa shape index (κ2) is 15.9. The number of rotatable bonds is 14. The number of alkyl halides is 3. The van der Waals surface area contributed by atoms with E-state index >= 15 is 0 Å². The summed E-state index contributed by atoms with van der Waals surface area (Å²) in [6, 6.07) is 20.0. The molecule has 53 heavy (non-hydrogen) atoms. The van der Waals surface area contributed by atoms with Crippen molar-refractivity contribution in [2.24, 2.45) is 5.41 Å². The van der Waals surface area contributed by atoms with Gasteiger partial charge in [0.05, 0.1) is 5.54 Å². The smallest absolute Gasteiger partial charge is 0.422 e. The van der Waals surface area contributed by atoms with E-state index in [4.69, 9.17) is 16.3 Å². The van der Waals surface area contributed by atoms with Crippen LogP contribution in [-0.2, 0) is 15.1 Å². The van der Waals surface area contributed by atoms with Gasteiger partial charge in [-0.15, -0.1) is 0 Å². The minimum atomic E-state index is -4.61. The van der Waals surface area contributed by atoms with Crippen LogP contribution in [0, 0.1) is 5.41 Å². The van der Waals surface area contributed by atoms with Gasteiger partial charge in [-0.2, -0.15) is 28.1 Å². The number of carbonyl (C=O) groups excluding carboxylic acids is 3. The molecular weight excluding hydrogens is 715 g/mol. The first kappa shape index (κ1) is 38.6. The summed E-state index contributed by atoms with van der Waals surface area (Å²) in [5.41, 5.74) is 1.97. The van der Waals surface area contributed by atoms with Crippen LogP contribution in [-0.4, -0.2) is 72.6 Å². The Labute approximate surface area is 309 Å². The van der Waals surface area contributed by atoms with E-state index in [1.165, 1.54) is 0 Å². The van der Waals surface area contributed by atoms with Crippen molar-refractivity contribution in [2.45, 2.75) is 38.4 Å². The van der Waals surface area contributed by atoms with Crippen LogP contribution in [0.2, 0.25) is 5.02 Å². The molecule has 0 spiro atoms. The van der Waals surface area contributed by atoms with Crippen molar-refractivity contribution in [1.29, 1.82) is 0 Å². The molecule has 0 aliphatic heterocycles. The molecule has 0 saturated heterocycles. The lowest BCUT2D eigenvalue weighted by atomic mass is 9.93. The first-order valence-corrected chi connectivity index (χ1v) is 16.9. The highest BCUT2D eigenvalue weighted by molar-refractivity contribution is 6.39. The molecule has 280 valence electrons. The Bertz CT molecular complexity index is 1920. The standard InChI is InChI=1S/C36H39ClF3N9O4/c1-34(2,20-42-29(51)30(52)43-25-13-15-27(16-14-25)49(3)4)19-41-28(50)22-5-11-26(12-6-22)44-31-45-32(47-33(46-31)53-21-36(38,39)40)48-35(17-18-35)23-7-9-24(37)10-8-23/h5-16H,17-21H2,1-4H3,(H,41,50)(H,42,51)(H,43,52)(H2,44,45,46,47,48). The van der Waals surface area contributed by atoms with Gasteiger partial charge in [0.1, 0.15) is 0 Å². The van der Waals surface area contributed by atoms with Crippen LogP contribution >= 0.6 is 11.6 Å². The quantitative estimate of drug-likeness (QED) is 0.0983. The Balaban J connectivity index is 1.16. The second-order valence-electron chi connectivity index (χ2n) is 13.5. The van der Waals surface area contributed by atoms with E-state index in [-0.39, 0.29) is 30.9 Å². The fourth-order valence-electron chi connectivity index (χ4n) is 5.02. The largest absolute Gasteiger partial charge is 0.454 e. The maximum absolute atomic E-state index is 13.0. The van der Waals surface area contributed by atoms with Crippen molar-refractivity contribution in [3.63, 3.8) is 0 Å². The highest BCUT2D eigenvalue weighted by atomic mass is 35.5. The van der Waals surface area contributed by atoms with Crippen molar-refractivity contribution >= 4 is 58.3 Å². The molecule has 4 aromatic rings. The maximum atomic E-state index is 13.0. The summed E-state index contributed by atoms with van der Waals surface area (Å²) in [6.07, 6.45) is -3.13. The first-order chi connectivity index (χ1) is 25.0. The van der Waals surface area contributed by atoms with Gasteiger partial charge >= 0.3 is 24.0 Å². The van der Waals surface area contributed by atoms with Crippen LogP contribution in [0.1, 0.15) is 42.6 Å². The Morgan fingerprint density at radius 2 is 1.42 bits per heavy atom. The van der Waals surface area contributed by atoms with Crippen molar-refractivity contribution in [2.75, 3.05) is 54.6 Å². The van der Waals surface area contributed by atoms with Crippen LogP contribution in [0.5, 0.6) is 6.01 Å². The lowest BCUT2D eigenvalue weighted by Crippen LogP contribution is -2.44. The number of anilines is 5. The fraction of sp³-hybridized carbons (Fsp3) is 0.333. The molecule has 1 aliphatic rings. The summed E-state index contributed by atoms with van der Waals surface area (Å²) in [7, 11) is 3.78. The number of hydrogen-bond acceptors (Lipinski definition) is 10. The number of nitrogens with one attached hydrogen (secondary N) is 5. The number of hydrogen-bond donors (Lipinski definition) is 5. The van der Waals surface area contributed by atoms with Crippen LogP contribution in [0.15, 0.2) is 72.8 Å². The molecule has 3 amide bonds. The molecule has 0 unspecified atom stereocenters. The van der Waals surface area contributed by atoms with Crippen LogP contribution in [0.3, 0.4) is 0 Å². The fourth-order valence-corrected chi connectivity index (χ4v) is 5.15. The number of aromatic nitrogens is 3. The predicted molar refractivity (Wildman–Crippen MR) is 196 cm³/mol. The third kappa shape index (κ3) is 11.2. The minimum Gasteiger partial charge on any atom is -0.454 e. The van der Waals surface area contributed by atoms with Gasteiger partial charge in [0.15, 0.2) is 6.61 Å². The molecule has 5 N–H and O–H groups in total.